The van der Waals surface area contributed by atoms with Crippen LogP contribution in [0, 0.1) is 0 Å². The molecule has 1 unspecified atom stereocenters. The fourth-order valence-corrected chi connectivity index (χ4v) is 1.54. The van der Waals surface area contributed by atoms with E-state index in [0.717, 1.165) is 0 Å². The second kappa shape index (κ2) is 7.74. The van der Waals surface area contributed by atoms with Crippen molar-refractivity contribution < 1.29 is 9.84 Å². The molecule has 0 aliphatic carbocycles. The summed E-state index contributed by atoms with van der Waals surface area (Å²) in [6.45, 7) is 1.77. The summed E-state index contributed by atoms with van der Waals surface area (Å²) in [4.78, 5) is 0. The summed E-state index contributed by atoms with van der Waals surface area (Å²) in [5.41, 5.74) is 5.31. The van der Waals surface area contributed by atoms with E-state index in [1.807, 2.05) is 0 Å². The SMILES string of the molecule is NCCNCC(O)COc1cc(Cl)ccc1Cl. The van der Waals surface area contributed by atoms with E-state index in [1.165, 1.54) is 0 Å². The Morgan fingerprint density at radius 3 is 2.88 bits per heavy atom. The molecule has 0 aliphatic heterocycles. The van der Waals surface area contributed by atoms with Crippen LogP contribution in [-0.2, 0) is 0 Å². The number of halogens is 2. The minimum atomic E-state index is -0.614. The molecule has 0 saturated carbocycles. The van der Waals surface area contributed by atoms with E-state index in [2.05, 4.69) is 5.32 Å². The molecular weight excluding hydrogens is 263 g/mol. The first-order chi connectivity index (χ1) is 8.13. The van der Waals surface area contributed by atoms with E-state index in [9.17, 15) is 5.11 Å². The molecule has 1 rings (SSSR count). The highest BCUT2D eigenvalue weighted by Crippen LogP contribution is 2.27. The van der Waals surface area contributed by atoms with Gasteiger partial charge in [-0.3, -0.25) is 0 Å². The lowest BCUT2D eigenvalue weighted by Gasteiger charge is -2.13. The Bertz CT molecular complexity index is 350. The zero-order valence-corrected chi connectivity index (χ0v) is 10.8. The quantitative estimate of drug-likeness (QED) is 0.658. The van der Waals surface area contributed by atoms with Crippen molar-refractivity contribution in [3.8, 4) is 5.75 Å². The molecule has 1 aromatic rings. The van der Waals surface area contributed by atoms with Crippen LogP contribution in [-0.4, -0.2) is 37.5 Å². The van der Waals surface area contributed by atoms with Crippen molar-refractivity contribution in [2.75, 3.05) is 26.2 Å². The Balaban J connectivity index is 2.36. The topological polar surface area (TPSA) is 67.5 Å². The summed E-state index contributed by atoms with van der Waals surface area (Å²) in [5.74, 6) is 0.469. The van der Waals surface area contributed by atoms with Gasteiger partial charge in [0.15, 0.2) is 0 Å². The lowest BCUT2D eigenvalue weighted by Crippen LogP contribution is -2.34. The standard InChI is InChI=1S/C11H16Cl2N2O2/c12-8-1-2-10(13)11(5-8)17-7-9(16)6-15-4-3-14/h1-2,5,9,15-16H,3-4,6-7,14H2. The predicted molar refractivity (Wildman–Crippen MR) is 69.9 cm³/mol. The zero-order chi connectivity index (χ0) is 12.7. The van der Waals surface area contributed by atoms with Crippen LogP contribution in [0.2, 0.25) is 10.0 Å². The maximum Gasteiger partial charge on any atom is 0.139 e. The number of hydrogen-bond acceptors (Lipinski definition) is 4. The number of benzene rings is 1. The number of nitrogens with two attached hydrogens (primary N) is 1. The highest BCUT2D eigenvalue weighted by molar-refractivity contribution is 6.34. The van der Waals surface area contributed by atoms with Crippen LogP contribution in [0.15, 0.2) is 18.2 Å². The van der Waals surface area contributed by atoms with Gasteiger partial charge in [-0.25, -0.2) is 0 Å². The number of aliphatic hydroxyl groups is 1. The van der Waals surface area contributed by atoms with Crippen LogP contribution in [0.3, 0.4) is 0 Å². The number of rotatable bonds is 7. The van der Waals surface area contributed by atoms with Crippen LogP contribution < -0.4 is 15.8 Å². The Morgan fingerprint density at radius 1 is 1.41 bits per heavy atom. The summed E-state index contributed by atoms with van der Waals surface area (Å²) >= 11 is 11.7. The maximum absolute atomic E-state index is 9.59. The smallest absolute Gasteiger partial charge is 0.139 e. The number of ether oxygens (including phenoxy) is 1. The third-order valence-electron chi connectivity index (χ3n) is 2.03. The molecule has 0 aliphatic rings. The number of hydrogen-bond donors (Lipinski definition) is 3. The molecule has 0 saturated heterocycles. The van der Waals surface area contributed by atoms with Crippen molar-refractivity contribution in [1.29, 1.82) is 0 Å². The maximum atomic E-state index is 9.59. The lowest BCUT2D eigenvalue weighted by atomic mass is 10.3. The van der Waals surface area contributed by atoms with Crippen molar-refractivity contribution in [3.05, 3.63) is 28.2 Å². The van der Waals surface area contributed by atoms with Gasteiger partial charge in [0.1, 0.15) is 18.5 Å². The molecule has 6 heteroatoms. The van der Waals surface area contributed by atoms with Crippen LogP contribution in [0.5, 0.6) is 5.75 Å². The van der Waals surface area contributed by atoms with Crippen LogP contribution in [0.4, 0.5) is 0 Å². The summed E-state index contributed by atoms with van der Waals surface area (Å²) in [7, 11) is 0. The summed E-state index contributed by atoms with van der Waals surface area (Å²) in [5, 5.41) is 13.6. The zero-order valence-electron chi connectivity index (χ0n) is 9.33. The van der Waals surface area contributed by atoms with E-state index in [-0.39, 0.29) is 6.61 Å². The van der Waals surface area contributed by atoms with Crippen molar-refractivity contribution in [2.24, 2.45) is 5.73 Å². The summed E-state index contributed by atoms with van der Waals surface area (Å²) < 4.78 is 5.37. The molecule has 0 fully saturated rings. The average Bonchev–Trinajstić information content (AvgIpc) is 2.31. The monoisotopic (exact) mass is 278 g/mol. The van der Waals surface area contributed by atoms with E-state index in [4.69, 9.17) is 33.7 Å². The summed E-state index contributed by atoms with van der Waals surface area (Å²) in [6, 6.07) is 4.94. The molecule has 96 valence electrons. The summed E-state index contributed by atoms with van der Waals surface area (Å²) in [6.07, 6.45) is -0.614. The largest absolute Gasteiger partial charge is 0.489 e. The predicted octanol–water partition coefficient (Wildman–Crippen LogP) is 1.28. The van der Waals surface area contributed by atoms with Gasteiger partial charge in [-0.05, 0) is 12.1 Å². The molecule has 4 nitrogen and oxygen atoms in total. The Hall–Kier alpha value is -0.520. The van der Waals surface area contributed by atoms with Crippen LogP contribution >= 0.6 is 23.2 Å². The van der Waals surface area contributed by atoms with Gasteiger partial charge in [0.25, 0.3) is 0 Å². The fraction of sp³-hybridized carbons (Fsp3) is 0.455. The van der Waals surface area contributed by atoms with Crippen LogP contribution in [0.1, 0.15) is 0 Å². The molecule has 0 spiro atoms. The normalized spacial score (nSPS) is 12.5. The average molecular weight is 279 g/mol. The molecule has 0 radical (unpaired) electrons. The Morgan fingerprint density at radius 2 is 2.18 bits per heavy atom. The van der Waals surface area contributed by atoms with Gasteiger partial charge in [-0.15, -0.1) is 0 Å². The van der Waals surface area contributed by atoms with Crippen molar-refractivity contribution in [3.63, 3.8) is 0 Å². The van der Waals surface area contributed by atoms with Crippen molar-refractivity contribution >= 4 is 23.2 Å². The van der Waals surface area contributed by atoms with E-state index >= 15 is 0 Å². The van der Waals surface area contributed by atoms with E-state index in [0.29, 0.717) is 35.4 Å². The highest BCUT2D eigenvalue weighted by Gasteiger charge is 2.07. The van der Waals surface area contributed by atoms with E-state index < -0.39 is 6.10 Å². The van der Waals surface area contributed by atoms with Gasteiger partial charge in [-0.1, -0.05) is 23.2 Å². The molecule has 0 aromatic heterocycles. The first kappa shape index (κ1) is 14.5. The first-order valence-electron chi connectivity index (χ1n) is 5.30. The van der Waals surface area contributed by atoms with Gasteiger partial charge in [0, 0.05) is 30.7 Å². The minimum Gasteiger partial charge on any atom is -0.489 e. The van der Waals surface area contributed by atoms with Gasteiger partial charge in [0.2, 0.25) is 0 Å². The highest BCUT2D eigenvalue weighted by atomic mass is 35.5. The fourth-order valence-electron chi connectivity index (χ4n) is 1.20. The number of nitrogens with one attached hydrogen (secondary N) is 1. The molecule has 0 amide bonds. The van der Waals surface area contributed by atoms with Gasteiger partial charge in [-0.2, -0.15) is 0 Å². The second-order valence-electron chi connectivity index (χ2n) is 3.53. The molecule has 1 atom stereocenters. The molecular formula is C11H16Cl2N2O2. The molecule has 0 heterocycles. The third-order valence-corrected chi connectivity index (χ3v) is 2.57. The molecule has 17 heavy (non-hydrogen) atoms. The Labute approximate surface area is 111 Å². The van der Waals surface area contributed by atoms with Gasteiger partial charge < -0.3 is 20.9 Å². The minimum absolute atomic E-state index is 0.150. The van der Waals surface area contributed by atoms with E-state index in [1.54, 1.807) is 18.2 Å². The lowest BCUT2D eigenvalue weighted by molar-refractivity contribution is 0.107. The third kappa shape index (κ3) is 5.57. The molecule has 4 N–H and O–H groups in total. The van der Waals surface area contributed by atoms with Crippen molar-refractivity contribution in [2.45, 2.75) is 6.10 Å². The second-order valence-corrected chi connectivity index (χ2v) is 4.38. The van der Waals surface area contributed by atoms with Crippen LogP contribution in [0.25, 0.3) is 0 Å². The molecule has 1 aromatic carbocycles. The van der Waals surface area contributed by atoms with Gasteiger partial charge >= 0.3 is 0 Å². The number of aliphatic hydroxyl groups excluding tert-OH is 1. The van der Waals surface area contributed by atoms with Gasteiger partial charge in [0.05, 0.1) is 5.02 Å². The Kier molecular flexibility index (Phi) is 6.62. The first-order valence-corrected chi connectivity index (χ1v) is 6.05. The van der Waals surface area contributed by atoms with Crippen molar-refractivity contribution in [1.82, 2.24) is 5.32 Å². The molecule has 0 bridgehead atoms.